The van der Waals surface area contributed by atoms with Crippen LogP contribution < -0.4 is 20.9 Å². The number of carbonyl (C=O) groups is 1. The number of hydrogen-bond donors (Lipinski definition) is 3. The van der Waals surface area contributed by atoms with Crippen molar-refractivity contribution in [1.29, 1.82) is 0 Å². The van der Waals surface area contributed by atoms with Crippen molar-refractivity contribution in [3.63, 3.8) is 0 Å². The van der Waals surface area contributed by atoms with Gasteiger partial charge in [-0.3, -0.25) is 4.79 Å². The lowest BCUT2D eigenvalue weighted by molar-refractivity contribution is 0.0953. The number of aromatic nitrogens is 7. The van der Waals surface area contributed by atoms with E-state index in [2.05, 4.69) is 52.2 Å². The second-order valence-electron chi connectivity index (χ2n) is 10.6. The number of phenolic OH excluding ortho intramolecular Hbond substituents is 1. The third kappa shape index (κ3) is 5.17. The number of rotatable bonds is 5. The number of nitrogens with one attached hydrogen (secondary N) is 1. The van der Waals surface area contributed by atoms with Crippen molar-refractivity contribution in [3.8, 4) is 28.8 Å². The van der Waals surface area contributed by atoms with E-state index in [1.807, 2.05) is 24.3 Å². The van der Waals surface area contributed by atoms with Gasteiger partial charge in [-0.2, -0.15) is 5.10 Å². The van der Waals surface area contributed by atoms with Crippen molar-refractivity contribution in [2.45, 2.75) is 31.3 Å². The number of hydrogen-bond acceptors (Lipinski definition) is 11. The maximum absolute atomic E-state index is 12.5. The maximum Gasteiger partial charge on any atom is 0.272 e. The van der Waals surface area contributed by atoms with Gasteiger partial charge >= 0.3 is 0 Å². The monoisotopic (exact) mass is 587 g/mol. The zero-order chi connectivity index (χ0) is 30.0. The number of carbonyl (C=O) groups excluding carboxylic acids is 1. The van der Waals surface area contributed by atoms with Gasteiger partial charge in [0.15, 0.2) is 17.2 Å². The summed E-state index contributed by atoms with van der Waals surface area (Å²) in [5.41, 5.74) is 9.24. The number of benzene rings is 1. The summed E-state index contributed by atoms with van der Waals surface area (Å²) < 4.78 is 1.55. The third-order valence-corrected chi connectivity index (χ3v) is 8.04. The smallest absolute Gasteiger partial charge is 0.272 e. The van der Waals surface area contributed by atoms with E-state index in [1.165, 1.54) is 0 Å². The van der Waals surface area contributed by atoms with Crippen LogP contribution in [-0.2, 0) is 0 Å². The topological polar surface area (TPSA) is 164 Å². The average Bonchev–Trinajstić information content (AvgIpc) is 3.69. The highest BCUT2D eigenvalue weighted by atomic mass is 16.3. The van der Waals surface area contributed by atoms with E-state index >= 15 is 0 Å². The van der Waals surface area contributed by atoms with Crippen molar-refractivity contribution in [2.75, 3.05) is 35.2 Å². The fourth-order valence-electron chi connectivity index (χ4n) is 6.06. The molecule has 13 nitrogen and oxygen atoms in total. The number of amides is 1. The van der Waals surface area contributed by atoms with Crippen LogP contribution >= 0.6 is 0 Å². The zero-order valence-corrected chi connectivity index (χ0v) is 23.7. The number of aromatic hydroxyl groups is 1. The summed E-state index contributed by atoms with van der Waals surface area (Å²) >= 11 is 0. The van der Waals surface area contributed by atoms with E-state index in [4.69, 9.17) is 10.7 Å². The number of anilines is 3. The van der Waals surface area contributed by atoms with Crippen LogP contribution in [0.15, 0.2) is 67.1 Å². The van der Waals surface area contributed by atoms with Gasteiger partial charge in [0.25, 0.3) is 5.91 Å². The molecule has 13 heteroatoms. The summed E-state index contributed by atoms with van der Waals surface area (Å²) in [7, 11) is 0. The quantitative estimate of drug-likeness (QED) is 0.259. The van der Waals surface area contributed by atoms with Crippen LogP contribution in [0.25, 0.3) is 16.9 Å². The molecule has 2 saturated heterocycles. The Morgan fingerprint density at radius 2 is 1.91 bits per heavy atom. The highest BCUT2D eigenvalue weighted by molar-refractivity contribution is 5.93. The number of fused-ring (bicyclic) bond motifs is 2. The standard InChI is InChI=1S/C31H29N11O2/c32-30-25(18-21(37-38-30)20-6-1-2-8-26(20)43)40-15-4-7-23-24(40)11-17-41(23)28-10-14-33-27(36-28)9-3-12-35-31(44)22-19-29-34-13-5-16-42(29)39-22/h1-2,5-6,8,10,13-14,16,18-19,23-24,43H,4,7,11-12,15,17H2,(H2,32,38)(H,35,44). The molecule has 2 aliphatic heterocycles. The molecule has 4 N–H and O–H groups in total. The molecule has 220 valence electrons. The number of piperidine rings is 1. The molecule has 4 aromatic heterocycles. The van der Waals surface area contributed by atoms with Crippen LogP contribution in [-0.4, -0.2) is 77.5 Å². The molecule has 2 unspecified atom stereocenters. The van der Waals surface area contributed by atoms with E-state index in [-0.39, 0.29) is 36.0 Å². The van der Waals surface area contributed by atoms with E-state index in [0.717, 1.165) is 43.9 Å². The fraction of sp³-hybridized carbons (Fsp3) is 0.258. The number of nitrogens with zero attached hydrogens (tertiary/aromatic N) is 9. The van der Waals surface area contributed by atoms with Gasteiger partial charge in [-0.25, -0.2) is 19.5 Å². The summed E-state index contributed by atoms with van der Waals surface area (Å²) in [5.74, 6) is 7.30. The number of para-hydroxylation sites is 1. The van der Waals surface area contributed by atoms with Gasteiger partial charge in [0.05, 0.1) is 30.0 Å². The average molecular weight is 588 g/mol. The van der Waals surface area contributed by atoms with E-state index in [9.17, 15) is 9.90 Å². The highest BCUT2D eigenvalue weighted by Gasteiger charge is 2.41. The van der Waals surface area contributed by atoms with E-state index < -0.39 is 0 Å². The van der Waals surface area contributed by atoms with Crippen molar-refractivity contribution in [1.82, 2.24) is 40.1 Å². The maximum atomic E-state index is 12.5. The summed E-state index contributed by atoms with van der Waals surface area (Å²) in [6.07, 6.45) is 8.01. The normalized spacial score (nSPS) is 17.6. The van der Waals surface area contributed by atoms with Crippen molar-refractivity contribution >= 4 is 28.9 Å². The van der Waals surface area contributed by atoms with Gasteiger partial charge in [-0.1, -0.05) is 18.1 Å². The van der Waals surface area contributed by atoms with Crippen LogP contribution in [0.5, 0.6) is 5.75 Å². The molecule has 2 atom stereocenters. The van der Waals surface area contributed by atoms with Gasteiger partial charge in [-0.05, 0) is 55.5 Å². The zero-order valence-electron chi connectivity index (χ0n) is 23.7. The first-order valence-electron chi connectivity index (χ1n) is 14.4. The van der Waals surface area contributed by atoms with Crippen molar-refractivity contribution < 1.29 is 9.90 Å². The lowest BCUT2D eigenvalue weighted by Gasteiger charge is -2.41. The SMILES string of the molecule is Nc1nnc(-c2ccccc2O)cc1N1CCCC2C1CCN2c1ccnc(C#CCNC(=O)c2cc3ncccn3n2)n1. The van der Waals surface area contributed by atoms with E-state index in [1.54, 1.807) is 47.4 Å². The van der Waals surface area contributed by atoms with Crippen LogP contribution in [0.1, 0.15) is 35.6 Å². The Hall–Kier alpha value is -5.77. The second-order valence-corrected chi connectivity index (χ2v) is 10.6. The lowest BCUT2D eigenvalue weighted by atomic mass is 9.96. The predicted molar refractivity (Wildman–Crippen MR) is 164 cm³/mol. The highest BCUT2D eigenvalue weighted by Crippen LogP contribution is 2.39. The Balaban J connectivity index is 1.04. The molecule has 0 aliphatic carbocycles. The molecule has 1 aromatic carbocycles. The fourth-order valence-corrected chi connectivity index (χ4v) is 6.06. The molecular weight excluding hydrogens is 558 g/mol. The lowest BCUT2D eigenvalue weighted by Crippen LogP contribution is -2.50. The molecule has 5 aromatic rings. The summed E-state index contributed by atoms with van der Waals surface area (Å²) in [6, 6.07) is 14.7. The van der Waals surface area contributed by atoms with Crippen LogP contribution in [0.4, 0.5) is 17.3 Å². The van der Waals surface area contributed by atoms with Crippen molar-refractivity contribution in [2.24, 2.45) is 0 Å². The molecule has 6 heterocycles. The number of phenols is 1. The predicted octanol–water partition coefficient (Wildman–Crippen LogP) is 2.29. The van der Waals surface area contributed by atoms with Crippen LogP contribution in [0.2, 0.25) is 0 Å². The minimum Gasteiger partial charge on any atom is -0.507 e. The van der Waals surface area contributed by atoms with Crippen molar-refractivity contribution in [3.05, 3.63) is 78.6 Å². The van der Waals surface area contributed by atoms with Crippen LogP contribution in [0.3, 0.4) is 0 Å². The van der Waals surface area contributed by atoms with Gasteiger partial charge in [0, 0.05) is 43.3 Å². The van der Waals surface area contributed by atoms with Crippen LogP contribution in [0, 0.1) is 11.8 Å². The Morgan fingerprint density at radius 1 is 1.02 bits per heavy atom. The molecule has 2 fully saturated rings. The first kappa shape index (κ1) is 27.1. The van der Waals surface area contributed by atoms with Gasteiger partial charge < -0.3 is 26.0 Å². The molecule has 44 heavy (non-hydrogen) atoms. The molecule has 0 radical (unpaired) electrons. The third-order valence-electron chi connectivity index (χ3n) is 8.04. The first-order chi connectivity index (χ1) is 21.5. The summed E-state index contributed by atoms with van der Waals surface area (Å²) in [5, 5.41) is 25.8. The Kier molecular flexibility index (Phi) is 7.07. The Morgan fingerprint density at radius 3 is 2.80 bits per heavy atom. The van der Waals surface area contributed by atoms with E-state index in [0.29, 0.717) is 28.5 Å². The molecule has 2 aliphatic rings. The Bertz CT molecular complexity index is 1880. The minimum atomic E-state index is -0.331. The first-order valence-corrected chi connectivity index (χ1v) is 14.4. The summed E-state index contributed by atoms with van der Waals surface area (Å²) in [6.45, 7) is 1.80. The molecule has 0 saturated carbocycles. The molecule has 1 amide bonds. The Labute approximate surface area is 252 Å². The largest absolute Gasteiger partial charge is 0.507 e. The number of nitrogens with two attached hydrogens (primary N) is 1. The van der Waals surface area contributed by atoms with Gasteiger partial charge in [-0.15, -0.1) is 10.2 Å². The summed E-state index contributed by atoms with van der Waals surface area (Å²) in [4.78, 5) is 30.4. The molecule has 0 bridgehead atoms. The second kappa shape index (κ2) is 11.5. The van der Waals surface area contributed by atoms with Gasteiger partial charge in [0.1, 0.15) is 11.6 Å². The molecule has 0 spiro atoms. The molecular formula is C31H29N11O2. The molecule has 7 rings (SSSR count). The number of nitrogen functional groups attached to an aromatic ring is 1. The minimum absolute atomic E-state index is 0.126. The van der Waals surface area contributed by atoms with Gasteiger partial charge in [0.2, 0.25) is 5.82 Å².